The van der Waals surface area contributed by atoms with Gasteiger partial charge in [0.1, 0.15) is 0 Å². The van der Waals surface area contributed by atoms with Crippen LogP contribution in [-0.4, -0.2) is 26.4 Å². The van der Waals surface area contributed by atoms with Crippen molar-refractivity contribution < 1.29 is 13.2 Å². The summed E-state index contributed by atoms with van der Waals surface area (Å²) < 4.78 is 27.4. The predicted octanol–water partition coefficient (Wildman–Crippen LogP) is 1.25. The van der Waals surface area contributed by atoms with E-state index in [1.807, 2.05) is 13.8 Å². The maximum absolute atomic E-state index is 12.4. The maximum atomic E-state index is 12.4. The van der Waals surface area contributed by atoms with E-state index in [9.17, 15) is 13.2 Å². The first-order valence-electron chi connectivity index (χ1n) is 6.73. The van der Waals surface area contributed by atoms with Crippen LogP contribution < -0.4 is 16.2 Å². The average molecular weight is 350 g/mol. The molecular weight excluding hydrogens is 326 g/mol. The molecule has 8 heteroatoms. The van der Waals surface area contributed by atoms with Gasteiger partial charge in [-0.1, -0.05) is 13.8 Å². The first kappa shape index (κ1) is 20.9. The highest BCUT2D eigenvalue weighted by molar-refractivity contribution is 7.89. The zero-order chi connectivity index (χ0) is 16.3. The maximum Gasteiger partial charge on any atom is 0.248 e. The molecule has 1 amide bonds. The number of benzene rings is 1. The topological polar surface area (TPSA) is 115 Å². The molecule has 0 radical (unpaired) electrons. The summed E-state index contributed by atoms with van der Waals surface area (Å²) in [5, 5.41) is 0. The van der Waals surface area contributed by atoms with Crippen LogP contribution in [-0.2, 0) is 10.0 Å². The minimum atomic E-state index is -3.70. The van der Waals surface area contributed by atoms with Gasteiger partial charge in [0.25, 0.3) is 0 Å². The summed E-state index contributed by atoms with van der Waals surface area (Å²) in [7, 11) is -3.70. The normalized spacial score (nSPS) is 14.2. The van der Waals surface area contributed by atoms with Gasteiger partial charge in [-0.05, 0) is 43.5 Å². The number of amides is 1. The SMILES string of the molecule is CC(C)CC(C)(CN)NS(=O)(=O)c1ccc(C(N)=O)cc1.Cl. The second kappa shape index (κ2) is 7.92. The van der Waals surface area contributed by atoms with E-state index in [2.05, 4.69) is 4.72 Å². The molecule has 1 aromatic rings. The number of nitrogens with one attached hydrogen (secondary N) is 1. The Morgan fingerprint density at radius 1 is 1.27 bits per heavy atom. The second-order valence-corrected chi connectivity index (χ2v) is 7.54. The van der Waals surface area contributed by atoms with Gasteiger partial charge in [0.05, 0.1) is 4.90 Å². The van der Waals surface area contributed by atoms with Crippen molar-refractivity contribution in [2.75, 3.05) is 6.54 Å². The molecule has 0 saturated heterocycles. The van der Waals surface area contributed by atoms with Gasteiger partial charge in [0.2, 0.25) is 15.9 Å². The standard InChI is InChI=1S/C14H23N3O3S.ClH/c1-10(2)8-14(3,9-15)17-21(19,20)12-6-4-11(5-7-12)13(16)18;/h4-7,10,17H,8-9,15H2,1-3H3,(H2,16,18);1H. The van der Waals surface area contributed by atoms with E-state index in [-0.39, 0.29) is 29.4 Å². The molecule has 1 atom stereocenters. The number of rotatable bonds is 7. The Hall–Kier alpha value is -1.15. The molecule has 22 heavy (non-hydrogen) atoms. The Morgan fingerprint density at radius 2 is 1.77 bits per heavy atom. The molecule has 0 spiro atoms. The number of nitrogens with two attached hydrogens (primary N) is 2. The van der Waals surface area contributed by atoms with Crippen molar-refractivity contribution in [3.63, 3.8) is 0 Å². The predicted molar refractivity (Wildman–Crippen MR) is 89.4 cm³/mol. The number of sulfonamides is 1. The molecule has 1 rings (SSSR count). The van der Waals surface area contributed by atoms with E-state index < -0.39 is 21.5 Å². The lowest BCUT2D eigenvalue weighted by Crippen LogP contribution is -2.51. The van der Waals surface area contributed by atoms with Crippen LogP contribution in [0.15, 0.2) is 29.2 Å². The second-order valence-electron chi connectivity index (χ2n) is 5.86. The summed E-state index contributed by atoms with van der Waals surface area (Å²) in [6, 6.07) is 5.49. The molecule has 0 saturated carbocycles. The van der Waals surface area contributed by atoms with Crippen LogP contribution >= 0.6 is 12.4 Å². The monoisotopic (exact) mass is 349 g/mol. The van der Waals surface area contributed by atoms with Gasteiger partial charge in [-0.3, -0.25) is 4.79 Å². The smallest absolute Gasteiger partial charge is 0.248 e. The van der Waals surface area contributed by atoms with Crippen LogP contribution in [0.3, 0.4) is 0 Å². The minimum absolute atomic E-state index is 0. The van der Waals surface area contributed by atoms with Crippen LogP contribution in [0.4, 0.5) is 0 Å². The Balaban J connectivity index is 0.00000441. The number of hydrogen-bond acceptors (Lipinski definition) is 4. The molecule has 0 aliphatic heterocycles. The molecule has 0 aliphatic carbocycles. The summed E-state index contributed by atoms with van der Waals surface area (Å²) in [5.41, 5.74) is 10.4. The lowest BCUT2D eigenvalue weighted by atomic mass is 9.92. The number of halogens is 1. The van der Waals surface area contributed by atoms with Gasteiger partial charge < -0.3 is 11.5 Å². The highest BCUT2D eigenvalue weighted by Gasteiger charge is 2.30. The molecule has 0 fully saturated rings. The molecule has 126 valence electrons. The van der Waals surface area contributed by atoms with E-state index >= 15 is 0 Å². The third kappa shape index (κ3) is 5.57. The fraction of sp³-hybridized carbons (Fsp3) is 0.500. The van der Waals surface area contributed by atoms with Gasteiger partial charge in [-0.25, -0.2) is 13.1 Å². The van der Waals surface area contributed by atoms with Crippen LogP contribution in [0.2, 0.25) is 0 Å². The molecule has 1 unspecified atom stereocenters. The Labute approximate surface area is 138 Å². The zero-order valence-electron chi connectivity index (χ0n) is 13.0. The van der Waals surface area contributed by atoms with Crippen molar-refractivity contribution in [2.24, 2.45) is 17.4 Å². The van der Waals surface area contributed by atoms with Crippen molar-refractivity contribution in [1.29, 1.82) is 0 Å². The van der Waals surface area contributed by atoms with Crippen molar-refractivity contribution in [3.8, 4) is 0 Å². The zero-order valence-corrected chi connectivity index (χ0v) is 14.6. The van der Waals surface area contributed by atoms with Gasteiger partial charge >= 0.3 is 0 Å². The van der Waals surface area contributed by atoms with Crippen LogP contribution in [0.5, 0.6) is 0 Å². The van der Waals surface area contributed by atoms with Gasteiger partial charge in [0.15, 0.2) is 0 Å². The molecule has 5 N–H and O–H groups in total. The summed E-state index contributed by atoms with van der Waals surface area (Å²) >= 11 is 0. The summed E-state index contributed by atoms with van der Waals surface area (Å²) in [4.78, 5) is 11.1. The van der Waals surface area contributed by atoms with Gasteiger partial charge in [-0.15, -0.1) is 12.4 Å². The first-order valence-corrected chi connectivity index (χ1v) is 8.22. The van der Waals surface area contributed by atoms with E-state index in [1.165, 1.54) is 24.3 Å². The van der Waals surface area contributed by atoms with Crippen LogP contribution in [0.1, 0.15) is 37.6 Å². The molecule has 0 heterocycles. The minimum Gasteiger partial charge on any atom is -0.366 e. The molecule has 0 aromatic heterocycles. The third-order valence-corrected chi connectivity index (χ3v) is 4.79. The van der Waals surface area contributed by atoms with Crippen molar-refractivity contribution in [2.45, 2.75) is 37.6 Å². The Bertz CT molecular complexity index is 602. The first-order chi connectivity index (χ1) is 9.59. The van der Waals surface area contributed by atoms with Crippen LogP contribution in [0, 0.1) is 5.92 Å². The highest BCUT2D eigenvalue weighted by atomic mass is 35.5. The summed E-state index contributed by atoms with van der Waals surface area (Å²) in [5.74, 6) is -0.294. The number of carbonyl (C=O) groups excluding carboxylic acids is 1. The Kier molecular flexibility index (Phi) is 7.50. The van der Waals surface area contributed by atoms with Crippen LogP contribution in [0.25, 0.3) is 0 Å². The third-order valence-electron chi connectivity index (χ3n) is 3.14. The van der Waals surface area contributed by atoms with Crippen molar-refractivity contribution >= 4 is 28.3 Å². The van der Waals surface area contributed by atoms with E-state index in [1.54, 1.807) is 6.92 Å². The van der Waals surface area contributed by atoms with Crippen molar-refractivity contribution in [3.05, 3.63) is 29.8 Å². The highest BCUT2D eigenvalue weighted by Crippen LogP contribution is 2.19. The lowest BCUT2D eigenvalue weighted by molar-refractivity contribution is 0.1000. The lowest BCUT2D eigenvalue weighted by Gasteiger charge is -2.30. The fourth-order valence-corrected chi connectivity index (χ4v) is 3.68. The summed E-state index contributed by atoms with van der Waals surface area (Å²) in [6.07, 6.45) is 0.627. The van der Waals surface area contributed by atoms with Crippen molar-refractivity contribution in [1.82, 2.24) is 4.72 Å². The van der Waals surface area contributed by atoms with Gasteiger partial charge in [-0.2, -0.15) is 0 Å². The van der Waals surface area contributed by atoms with Gasteiger partial charge in [0, 0.05) is 17.6 Å². The number of hydrogen-bond donors (Lipinski definition) is 3. The molecule has 6 nitrogen and oxygen atoms in total. The molecular formula is C14H24ClN3O3S. The molecule has 0 aliphatic rings. The van der Waals surface area contributed by atoms with E-state index in [4.69, 9.17) is 11.5 Å². The van der Waals surface area contributed by atoms with E-state index in [0.717, 1.165) is 0 Å². The Morgan fingerprint density at radius 3 is 2.14 bits per heavy atom. The largest absolute Gasteiger partial charge is 0.366 e. The van der Waals surface area contributed by atoms with E-state index in [0.29, 0.717) is 12.3 Å². The number of primary amides is 1. The number of carbonyl (C=O) groups is 1. The quantitative estimate of drug-likeness (QED) is 0.687. The molecule has 0 bridgehead atoms. The molecule has 1 aromatic carbocycles. The fourth-order valence-electron chi connectivity index (χ4n) is 2.25. The summed E-state index contributed by atoms with van der Waals surface area (Å²) in [6.45, 7) is 5.99. The average Bonchev–Trinajstić information content (AvgIpc) is 2.37.